The molecular weight excluding hydrogens is 172 g/mol. The minimum atomic E-state index is -1.05. The molecule has 0 saturated heterocycles. The predicted molar refractivity (Wildman–Crippen MR) is 46.2 cm³/mol. The zero-order valence-electron chi connectivity index (χ0n) is 7.86. The molecule has 0 rings (SSSR count). The standard InChI is InChI=1S/C8H14N2O3/c1-3-5-6(11)7(10-9)8(12)13-4-2/h6,11H,3-5H2,1-2H3/t6-/m1/s1. The summed E-state index contributed by atoms with van der Waals surface area (Å²) >= 11 is 0. The lowest BCUT2D eigenvalue weighted by Gasteiger charge is -2.02. The van der Waals surface area contributed by atoms with Crippen LogP contribution in [0.2, 0.25) is 0 Å². The van der Waals surface area contributed by atoms with Crippen LogP contribution in [-0.2, 0) is 9.53 Å². The number of aliphatic hydroxyl groups is 1. The second-order valence-electron chi connectivity index (χ2n) is 2.51. The zero-order chi connectivity index (χ0) is 10.3. The summed E-state index contributed by atoms with van der Waals surface area (Å²) in [6, 6.07) is 0. The number of esters is 1. The SMILES string of the molecule is CCC[C@@H](O)C(=[N+]=[N-])C(=O)OCC. The number of nitrogens with zero attached hydrogens (tertiary/aromatic N) is 2. The smallest absolute Gasteiger partial charge is 0.419 e. The van der Waals surface area contributed by atoms with Gasteiger partial charge in [-0.05, 0) is 13.3 Å². The Morgan fingerprint density at radius 3 is 2.62 bits per heavy atom. The Bertz CT molecular complexity index is 221. The Hall–Kier alpha value is -1.19. The molecule has 0 saturated carbocycles. The van der Waals surface area contributed by atoms with Gasteiger partial charge in [0.25, 0.3) is 0 Å². The number of ether oxygens (including phenoxy) is 1. The molecule has 0 aliphatic heterocycles. The summed E-state index contributed by atoms with van der Waals surface area (Å²) < 4.78 is 4.57. The molecule has 13 heavy (non-hydrogen) atoms. The maximum Gasteiger partial charge on any atom is 0.419 e. The minimum Gasteiger partial charge on any atom is -0.457 e. The fourth-order valence-electron chi connectivity index (χ4n) is 0.859. The molecule has 0 radical (unpaired) electrons. The predicted octanol–water partition coefficient (Wildman–Crippen LogP) is 0.381. The Kier molecular flexibility index (Phi) is 5.76. The first-order valence-corrected chi connectivity index (χ1v) is 4.24. The van der Waals surface area contributed by atoms with Gasteiger partial charge in [0.05, 0.1) is 6.61 Å². The summed E-state index contributed by atoms with van der Waals surface area (Å²) in [5.74, 6) is -0.772. The van der Waals surface area contributed by atoms with Crippen molar-refractivity contribution in [3.63, 3.8) is 0 Å². The molecular formula is C8H14N2O3. The van der Waals surface area contributed by atoms with Gasteiger partial charge in [-0.25, -0.2) is 4.79 Å². The van der Waals surface area contributed by atoms with Crippen molar-refractivity contribution in [3.05, 3.63) is 5.53 Å². The summed E-state index contributed by atoms with van der Waals surface area (Å²) in [7, 11) is 0. The van der Waals surface area contributed by atoms with Crippen molar-refractivity contribution >= 4 is 11.7 Å². The molecule has 5 nitrogen and oxygen atoms in total. The number of rotatable bonds is 5. The molecule has 0 aliphatic carbocycles. The van der Waals surface area contributed by atoms with Crippen molar-refractivity contribution in [2.75, 3.05) is 6.61 Å². The van der Waals surface area contributed by atoms with Crippen molar-refractivity contribution in [1.82, 2.24) is 0 Å². The van der Waals surface area contributed by atoms with E-state index in [4.69, 9.17) is 5.53 Å². The van der Waals surface area contributed by atoms with Crippen LogP contribution >= 0.6 is 0 Å². The summed E-state index contributed by atoms with van der Waals surface area (Å²) in [4.78, 5) is 13.7. The van der Waals surface area contributed by atoms with E-state index < -0.39 is 12.1 Å². The van der Waals surface area contributed by atoms with Gasteiger partial charge >= 0.3 is 11.7 Å². The van der Waals surface area contributed by atoms with Crippen LogP contribution in [0.15, 0.2) is 0 Å². The van der Waals surface area contributed by atoms with Gasteiger partial charge in [0.15, 0.2) is 6.10 Å². The molecule has 0 amide bonds. The summed E-state index contributed by atoms with van der Waals surface area (Å²) in [5.41, 5.74) is 8.12. The Morgan fingerprint density at radius 1 is 1.62 bits per heavy atom. The fourth-order valence-corrected chi connectivity index (χ4v) is 0.859. The molecule has 0 bridgehead atoms. The summed E-state index contributed by atoms with van der Waals surface area (Å²) in [5, 5.41) is 9.31. The van der Waals surface area contributed by atoms with Crippen LogP contribution in [0.4, 0.5) is 0 Å². The van der Waals surface area contributed by atoms with Crippen molar-refractivity contribution in [2.24, 2.45) is 0 Å². The van der Waals surface area contributed by atoms with Gasteiger partial charge in [0.1, 0.15) is 0 Å². The zero-order valence-corrected chi connectivity index (χ0v) is 7.86. The third kappa shape index (κ3) is 3.83. The largest absolute Gasteiger partial charge is 0.457 e. The highest BCUT2D eigenvalue weighted by Crippen LogP contribution is 1.98. The van der Waals surface area contributed by atoms with E-state index in [2.05, 4.69) is 9.53 Å². The first-order chi connectivity index (χ1) is 6.17. The average Bonchev–Trinajstić information content (AvgIpc) is 2.06. The average molecular weight is 186 g/mol. The van der Waals surface area contributed by atoms with Crippen LogP contribution in [0.3, 0.4) is 0 Å². The van der Waals surface area contributed by atoms with E-state index >= 15 is 0 Å². The first kappa shape index (κ1) is 11.8. The molecule has 1 N–H and O–H groups in total. The van der Waals surface area contributed by atoms with E-state index in [9.17, 15) is 9.90 Å². The Balaban J connectivity index is 4.34. The highest BCUT2D eigenvalue weighted by molar-refractivity contribution is 6.35. The van der Waals surface area contributed by atoms with Gasteiger partial charge in [0.2, 0.25) is 0 Å². The molecule has 1 atom stereocenters. The summed E-state index contributed by atoms with van der Waals surface area (Å²) in [6.07, 6.45) is 0.0201. The normalized spacial score (nSPS) is 11.6. The minimum absolute atomic E-state index is 0.191. The lowest BCUT2D eigenvalue weighted by molar-refractivity contribution is -0.141. The van der Waals surface area contributed by atoms with E-state index in [1.165, 1.54) is 0 Å². The lowest BCUT2D eigenvalue weighted by atomic mass is 10.1. The molecule has 5 heteroatoms. The van der Waals surface area contributed by atoms with E-state index in [0.29, 0.717) is 12.8 Å². The molecule has 74 valence electrons. The monoisotopic (exact) mass is 186 g/mol. The van der Waals surface area contributed by atoms with Crippen LogP contribution in [-0.4, -0.2) is 34.3 Å². The van der Waals surface area contributed by atoms with Crippen molar-refractivity contribution in [2.45, 2.75) is 32.8 Å². The van der Waals surface area contributed by atoms with Crippen LogP contribution in [0.5, 0.6) is 0 Å². The topological polar surface area (TPSA) is 82.9 Å². The van der Waals surface area contributed by atoms with Crippen LogP contribution in [0.1, 0.15) is 26.7 Å². The van der Waals surface area contributed by atoms with Gasteiger partial charge < -0.3 is 15.4 Å². The maximum atomic E-state index is 11.0. The third-order valence-corrected chi connectivity index (χ3v) is 1.47. The van der Waals surface area contributed by atoms with Gasteiger partial charge in [-0.3, -0.25) is 0 Å². The highest BCUT2D eigenvalue weighted by Gasteiger charge is 2.29. The number of carbonyl (C=O) groups excluding carboxylic acids is 1. The lowest BCUT2D eigenvalue weighted by Crippen LogP contribution is -2.31. The molecule has 0 aliphatic rings. The molecule has 0 heterocycles. The molecule has 0 aromatic heterocycles. The number of hydrogen-bond donors (Lipinski definition) is 1. The molecule has 0 fully saturated rings. The Labute approximate surface area is 76.9 Å². The Morgan fingerprint density at radius 2 is 2.23 bits per heavy atom. The van der Waals surface area contributed by atoms with Gasteiger partial charge in [0, 0.05) is 0 Å². The molecule has 0 aromatic rings. The van der Waals surface area contributed by atoms with Crippen molar-refractivity contribution in [3.8, 4) is 0 Å². The van der Waals surface area contributed by atoms with E-state index in [1.54, 1.807) is 6.92 Å². The summed E-state index contributed by atoms with van der Waals surface area (Å²) in [6.45, 7) is 3.68. The van der Waals surface area contributed by atoms with Gasteiger partial charge in [-0.15, -0.1) is 0 Å². The highest BCUT2D eigenvalue weighted by atomic mass is 16.5. The van der Waals surface area contributed by atoms with Crippen molar-refractivity contribution in [1.29, 1.82) is 0 Å². The van der Waals surface area contributed by atoms with E-state index in [0.717, 1.165) is 0 Å². The van der Waals surface area contributed by atoms with Crippen molar-refractivity contribution < 1.29 is 19.4 Å². The quantitative estimate of drug-likeness (QED) is 0.291. The van der Waals surface area contributed by atoms with E-state index in [-0.39, 0.29) is 12.3 Å². The van der Waals surface area contributed by atoms with Gasteiger partial charge in [-0.2, -0.15) is 4.79 Å². The van der Waals surface area contributed by atoms with Crippen LogP contribution < -0.4 is 0 Å². The molecule has 0 spiro atoms. The number of aliphatic hydroxyl groups excluding tert-OH is 1. The third-order valence-electron chi connectivity index (χ3n) is 1.47. The number of carbonyl (C=O) groups is 1. The first-order valence-electron chi connectivity index (χ1n) is 4.24. The van der Waals surface area contributed by atoms with E-state index in [1.807, 2.05) is 6.92 Å². The van der Waals surface area contributed by atoms with Crippen LogP contribution in [0.25, 0.3) is 5.53 Å². The maximum absolute atomic E-state index is 11.0. The second kappa shape index (κ2) is 6.34. The number of hydrogen-bond acceptors (Lipinski definition) is 3. The fraction of sp³-hybridized carbons (Fsp3) is 0.750. The molecule has 0 aromatic carbocycles. The van der Waals surface area contributed by atoms with Gasteiger partial charge in [-0.1, -0.05) is 13.3 Å². The molecule has 0 unspecified atom stereocenters. The van der Waals surface area contributed by atoms with Crippen LogP contribution in [0, 0.1) is 0 Å². The second-order valence-corrected chi connectivity index (χ2v) is 2.51.